The highest BCUT2D eigenvalue weighted by molar-refractivity contribution is 5.81. The lowest BCUT2D eigenvalue weighted by Gasteiger charge is -2.27. The van der Waals surface area contributed by atoms with E-state index < -0.39 is 0 Å². The van der Waals surface area contributed by atoms with Crippen molar-refractivity contribution < 1.29 is 4.42 Å². The van der Waals surface area contributed by atoms with E-state index in [1.165, 1.54) is 12.0 Å². The maximum Gasteiger partial charge on any atom is 0.199 e. The summed E-state index contributed by atoms with van der Waals surface area (Å²) in [5.41, 5.74) is 3.06. The Morgan fingerprint density at radius 3 is 2.50 bits per heavy atom. The summed E-state index contributed by atoms with van der Waals surface area (Å²) in [4.78, 5) is 14.8. The van der Waals surface area contributed by atoms with E-state index in [1.807, 2.05) is 30.3 Å². The third-order valence-electron chi connectivity index (χ3n) is 4.73. The molecule has 0 spiro atoms. The third-order valence-corrected chi connectivity index (χ3v) is 4.73. The van der Waals surface area contributed by atoms with Crippen molar-refractivity contribution in [1.29, 1.82) is 0 Å². The molecule has 0 atom stereocenters. The fourth-order valence-electron chi connectivity index (χ4n) is 3.45. The number of rotatable bonds is 3. The topological polar surface area (TPSA) is 33.5 Å². The predicted octanol–water partition coefficient (Wildman–Crippen LogP) is 4.37. The van der Waals surface area contributed by atoms with Gasteiger partial charge in [0.15, 0.2) is 11.3 Å². The highest BCUT2D eigenvalue weighted by atomic mass is 16.4. The molecule has 24 heavy (non-hydrogen) atoms. The van der Waals surface area contributed by atoms with Gasteiger partial charge < -0.3 is 9.32 Å². The first-order valence-corrected chi connectivity index (χ1v) is 8.66. The number of piperidine rings is 1. The summed E-state index contributed by atoms with van der Waals surface area (Å²) in [5.74, 6) is 0.715. The van der Waals surface area contributed by atoms with Crippen molar-refractivity contribution >= 4 is 16.9 Å². The molecule has 0 bridgehead atoms. The second-order valence-corrected chi connectivity index (χ2v) is 6.45. The number of hydrogen-bond donors (Lipinski definition) is 0. The van der Waals surface area contributed by atoms with E-state index in [0.717, 1.165) is 43.5 Å². The van der Waals surface area contributed by atoms with Crippen LogP contribution in [0, 0.1) is 0 Å². The van der Waals surface area contributed by atoms with Gasteiger partial charge in [-0.3, -0.25) is 4.79 Å². The Morgan fingerprint density at radius 2 is 1.71 bits per heavy atom. The smallest absolute Gasteiger partial charge is 0.199 e. The van der Waals surface area contributed by atoms with E-state index in [1.54, 1.807) is 6.07 Å². The van der Waals surface area contributed by atoms with Gasteiger partial charge >= 0.3 is 0 Å². The van der Waals surface area contributed by atoms with Crippen LogP contribution in [0.25, 0.3) is 11.0 Å². The lowest BCUT2D eigenvalue weighted by Crippen LogP contribution is -2.30. The Morgan fingerprint density at radius 1 is 0.917 bits per heavy atom. The van der Waals surface area contributed by atoms with Crippen LogP contribution in [-0.2, 0) is 6.42 Å². The van der Waals surface area contributed by atoms with Crippen LogP contribution in [0.1, 0.15) is 30.4 Å². The average molecular weight is 319 g/mol. The van der Waals surface area contributed by atoms with Crippen LogP contribution in [0.15, 0.2) is 63.8 Å². The molecule has 3 nitrogen and oxygen atoms in total. The number of anilines is 1. The summed E-state index contributed by atoms with van der Waals surface area (Å²) in [7, 11) is 0. The molecule has 2 aromatic carbocycles. The molecule has 3 aromatic rings. The molecule has 1 fully saturated rings. The van der Waals surface area contributed by atoms with E-state index in [0.29, 0.717) is 11.3 Å². The summed E-state index contributed by atoms with van der Waals surface area (Å²) >= 11 is 0. The first-order valence-electron chi connectivity index (χ1n) is 8.66. The molecule has 0 aliphatic carbocycles. The largest absolute Gasteiger partial charge is 0.440 e. The minimum atomic E-state index is 0.0479. The van der Waals surface area contributed by atoms with Crippen LogP contribution < -0.4 is 10.3 Å². The Labute approximate surface area is 141 Å². The molecule has 0 radical (unpaired) electrons. The summed E-state index contributed by atoms with van der Waals surface area (Å²) in [6.07, 6.45) is 4.35. The zero-order chi connectivity index (χ0) is 16.4. The number of benzene rings is 2. The first kappa shape index (κ1) is 15.0. The van der Waals surface area contributed by atoms with Crippen molar-refractivity contribution in [3.8, 4) is 0 Å². The molecule has 0 unspecified atom stereocenters. The zero-order valence-corrected chi connectivity index (χ0v) is 13.7. The van der Waals surface area contributed by atoms with Crippen LogP contribution >= 0.6 is 0 Å². The Kier molecular flexibility index (Phi) is 4.08. The molecule has 0 N–H and O–H groups in total. The van der Waals surface area contributed by atoms with Gasteiger partial charge in [0.05, 0.1) is 5.39 Å². The van der Waals surface area contributed by atoms with Gasteiger partial charge in [-0.1, -0.05) is 42.5 Å². The second-order valence-electron chi connectivity index (χ2n) is 6.45. The highest BCUT2D eigenvalue weighted by Gasteiger charge is 2.16. The van der Waals surface area contributed by atoms with Crippen LogP contribution in [-0.4, -0.2) is 13.1 Å². The van der Waals surface area contributed by atoms with Gasteiger partial charge in [0.2, 0.25) is 0 Å². The molecule has 4 rings (SSSR count). The first-order chi connectivity index (χ1) is 11.8. The SMILES string of the molecule is O=c1cc(N2CCCCC2)oc2c(Cc3ccccc3)cccc12. The van der Waals surface area contributed by atoms with Crippen molar-refractivity contribution in [2.45, 2.75) is 25.7 Å². The number of hydrogen-bond acceptors (Lipinski definition) is 3. The molecule has 1 aromatic heterocycles. The lowest BCUT2D eigenvalue weighted by molar-refractivity contribution is 0.511. The van der Waals surface area contributed by atoms with Gasteiger partial charge in [-0.2, -0.15) is 0 Å². The molecule has 122 valence electrons. The number of nitrogens with zero attached hydrogens (tertiary/aromatic N) is 1. The average Bonchev–Trinajstić information content (AvgIpc) is 2.64. The molecule has 0 amide bonds. The Hall–Kier alpha value is -2.55. The maximum absolute atomic E-state index is 12.6. The standard InChI is InChI=1S/C21H21NO2/c23-19-15-20(22-12-5-2-6-13-22)24-21-17(10-7-11-18(19)21)14-16-8-3-1-4-9-16/h1,3-4,7-11,15H,2,5-6,12-14H2. The molecule has 1 aliphatic heterocycles. The Balaban J connectivity index is 1.79. The number of para-hydroxylation sites is 1. The van der Waals surface area contributed by atoms with Crippen molar-refractivity contribution in [2.75, 3.05) is 18.0 Å². The number of fused-ring (bicyclic) bond motifs is 1. The van der Waals surface area contributed by atoms with Gasteiger partial charge in [0.1, 0.15) is 5.58 Å². The van der Waals surface area contributed by atoms with Gasteiger partial charge in [-0.15, -0.1) is 0 Å². The van der Waals surface area contributed by atoms with E-state index in [-0.39, 0.29) is 5.43 Å². The van der Waals surface area contributed by atoms with Gasteiger partial charge in [-0.25, -0.2) is 0 Å². The van der Waals surface area contributed by atoms with E-state index in [2.05, 4.69) is 23.1 Å². The summed E-state index contributed by atoms with van der Waals surface area (Å²) in [5, 5.41) is 0.671. The minimum Gasteiger partial charge on any atom is -0.440 e. The molecule has 3 heteroatoms. The molecular formula is C21H21NO2. The second kappa shape index (κ2) is 6.52. The lowest BCUT2D eigenvalue weighted by atomic mass is 10.0. The van der Waals surface area contributed by atoms with Crippen LogP contribution in [0.3, 0.4) is 0 Å². The highest BCUT2D eigenvalue weighted by Crippen LogP contribution is 2.26. The molecule has 1 aliphatic rings. The van der Waals surface area contributed by atoms with Crippen LogP contribution in [0.2, 0.25) is 0 Å². The van der Waals surface area contributed by atoms with Gasteiger partial charge in [0.25, 0.3) is 0 Å². The fourth-order valence-corrected chi connectivity index (χ4v) is 3.45. The van der Waals surface area contributed by atoms with Crippen molar-refractivity contribution in [2.24, 2.45) is 0 Å². The van der Waals surface area contributed by atoms with E-state index >= 15 is 0 Å². The summed E-state index contributed by atoms with van der Waals surface area (Å²) in [6.45, 7) is 1.94. The molecular weight excluding hydrogens is 298 g/mol. The monoisotopic (exact) mass is 319 g/mol. The fraction of sp³-hybridized carbons (Fsp3) is 0.286. The van der Waals surface area contributed by atoms with Gasteiger partial charge in [-0.05, 0) is 36.5 Å². The van der Waals surface area contributed by atoms with E-state index in [9.17, 15) is 4.79 Å². The van der Waals surface area contributed by atoms with Crippen molar-refractivity contribution in [1.82, 2.24) is 0 Å². The predicted molar refractivity (Wildman–Crippen MR) is 97.8 cm³/mol. The summed E-state index contributed by atoms with van der Waals surface area (Å²) < 4.78 is 6.21. The van der Waals surface area contributed by atoms with E-state index in [4.69, 9.17) is 4.42 Å². The van der Waals surface area contributed by atoms with Crippen LogP contribution in [0.5, 0.6) is 0 Å². The maximum atomic E-state index is 12.6. The normalized spacial score (nSPS) is 14.9. The van der Waals surface area contributed by atoms with Crippen molar-refractivity contribution in [3.63, 3.8) is 0 Å². The van der Waals surface area contributed by atoms with Crippen molar-refractivity contribution in [3.05, 3.63) is 75.9 Å². The zero-order valence-electron chi connectivity index (χ0n) is 13.7. The van der Waals surface area contributed by atoms with Crippen LogP contribution in [0.4, 0.5) is 5.88 Å². The third kappa shape index (κ3) is 2.94. The summed E-state index contributed by atoms with van der Waals surface area (Å²) in [6, 6.07) is 17.8. The van der Waals surface area contributed by atoms with Gasteiger partial charge in [0, 0.05) is 25.6 Å². The molecule has 2 heterocycles. The Bertz CT molecular complexity index is 893. The molecule has 0 saturated carbocycles. The molecule has 1 saturated heterocycles. The minimum absolute atomic E-state index is 0.0479. The quantitative estimate of drug-likeness (QED) is 0.718.